The fraction of sp³-hybridized carbons (Fsp3) is 0.368. The van der Waals surface area contributed by atoms with E-state index in [1.807, 2.05) is 4.90 Å². The van der Waals surface area contributed by atoms with E-state index in [4.69, 9.17) is 11.6 Å². The van der Waals surface area contributed by atoms with E-state index >= 15 is 0 Å². The van der Waals surface area contributed by atoms with Crippen LogP contribution in [0.5, 0.6) is 5.75 Å². The number of rotatable bonds is 2. The second-order valence-electron chi connectivity index (χ2n) is 7.27. The molecule has 2 unspecified atom stereocenters. The van der Waals surface area contributed by atoms with E-state index in [9.17, 15) is 9.90 Å². The highest BCUT2D eigenvalue weighted by molar-refractivity contribution is 6.30. The molecule has 1 amide bonds. The maximum absolute atomic E-state index is 12.9. The van der Waals surface area contributed by atoms with Crippen molar-refractivity contribution in [3.05, 3.63) is 53.3 Å². The maximum atomic E-state index is 12.9. The van der Waals surface area contributed by atoms with Crippen LogP contribution in [0.4, 0.5) is 0 Å². The van der Waals surface area contributed by atoms with E-state index in [-0.39, 0.29) is 17.4 Å². The van der Waals surface area contributed by atoms with Crippen molar-refractivity contribution >= 4 is 17.5 Å². The smallest absolute Gasteiger partial charge is 0.278 e. The van der Waals surface area contributed by atoms with Crippen LogP contribution in [0.2, 0.25) is 5.02 Å². The van der Waals surface area contributed by atoms with Crippen LogP contribution in [-0.4, -0.2) is 38.8 Å². The summed E-state index contributed by atoms with van der Waals surface area (Å²) >= 11 is 5.90. The Morgan fingerprint density at radius 3 is 2.40 bits per heavy atom. The third kappa shape index (κ3) is 2.29. The molecule has 128 valence electrons. The number of hydrogen-bond donors (Lipinski definition) is 1. The summed E-state index contributed by atoms with van der Waals surface area (Å²) in [5.41, 5.74) is 0.870. The number of likely N-dealkylation sites (tertiary alicyclic amines) is 1. The molecule has 4 atom stereocenters. The van der Waals surface area contributed by atoms with Crippen LogP contribution < -0.4 is 0 Å². The van der Waals surface area contributed by atoms with Crippen molar-refractivity contribution in [1.82, 2.24) is 14.7 Å². The van der Waals surface area contributed by atoms with Crippen LogP contribution >= 0.6 is 11.6 Å². The van der Waals surface area contributed by atoms with Gasteiger partial charge in [0.2, 0.25) is 0 Å². The number of fused-ring (bicyclic) bond motifs is 5. The zero-order valence-corrected chi connectivity index (χ0v) is 14.3. The van der Waals surface area contributed by atoms with E-state index in [1.54, 1.807) is 24.3 Å². The number of carbonyl (C=O) groups is 1. The minimum absolute atomic E-state index is 0.0851. The molecule has 1 saturated heterocycles. The molecule has 1 aliphatic heterocycles. The Morgan fingerprint density at radius 1 is 1.12 bits per heavy atom. The number of carbonyl (C=O) groups excluding carboxylic acids is 1. The Hall–Kier alpha value is -2.27. The van der Waals surface area contributed by atoms with Gasteiger partial charge in [0.05, 0.1) is 11.9 Å². The molecule has 5 nitrogen and oxygen atoms in total. The van der Waals surface area contributed by atoms with Crippen molar-refractivity contribution in [3.8, 4) is 11.4 Å². The van der Waals surface area contributed by atoms with Crippen molar-refractivity contribution < 1.29 is 9.90 Å². The molecule has 3 aliphatic rings. The van der Waals surface area contributed by atoms with Gasteiger partial charge in [-0.25, -0.2) is 4.68 Å². The Morgan fingerprint density at radius 2 is 1.76 bits per heavy atom. The summed E-state index contributed by atoms with van der Waals surface area (Å²) in [5.74, 6) is 2.11. The van der Waals surface area contributed by atoms with Crippen LogP contribution in [0.25, 0.3) is 5.69 Å². The number of benzene rings is 1. The van der Waals surface area contributed by atoms with Gasteiger partial charge < -0.3 is 10.0 Å². The molecule has 5 rings (SSSR count). The van der Waals surface area contributed by atoms with Crippen molar-refractivity contribution in [2.45, 2.75) is 6.42 Å². The zero-order chi connectivity index (χ0) is 17.1. The van der Waals surface area contributed by atoms with Crippen LogP contribution in [0.3, 0.4) is 0 Å². The molecule has 6 heteroatoms. The van der Waals surface area contributed by atoms with Crippen LogP contribution in [0.15, 0.2) is 42.6 Å². The van der Waals surface area contributed by atoms with Gasteiger partial charge in [-0.15, -0.1) is 0 Å². The van der Waals surface area contributed by atoms with E-state index in [2.05, 4.69) is 17.3 Å². The van der Waals surface area contributed by atoms with E-state index in [1.165, 1.54) is 17.3 Å². The lowest BCUT2D eigenvalue weighted by Crippen LogP contribution is -2.30. The average molecular weight is 356 g/mol. The highest BCUT2D eigenvalue weighted by atomic mass is 35.5. The molecule has 2 aromatic rings. The molecule has 2 aliphatic carbocycles. The molecule has 2 fully saturated rings. The Balaban J connectivity index is 1.39. The molecule has 1 saturated carbocycles. The fourth-order valence-electron chi connectivity index (χ4n) is 4.71. The maximum Gasteiger partial charge on any atom is 0.278 e. The number of halogens is 1. The van der Waals surface area contributed by atoms with Crippen LogP contribution in [0, 0.1) is 23.7 Å². The molecule has 25 heavy (non-hydrogen) atoms. The van der Waals surface area contributed by atoms with Crippen molar-refractivity contribution in [1.29, 1.82) is 0 Å². The van der Waals surface area contributed by atoms with Gasteiger partial charge in [-0.05, 0) is 54.4 Å². The number of nitrogens with zero attached hydrogens (tertiary/aromatic N) is 3. The third-order valence-electron chi connectivity index (χ3n) is 5.94. The second kappa shape index (κ2) is 5.36. The van der Waals surface area contributed by atoms with Crippen molar-refractivity contribution in [3.63, 3.8) is 0 Å². The molecule has 2 bridgehead atoms. The SMILES string of the molecule is O=C(c1nn(-c2ccc(Cl)cc2)cc1O)N1C[C@@H]2C3C=CC(C3)[C@@H]2C1. The quantitative estimate of drug-likeness (QED) is 0.842. The largest absolute Gasteiger partial charge is 0.504 e. The summed E-state index contributed by atoms with van der Waals surface area (Å²) < 4.78 is 1.51. The van der Waals surface area contributed by atoms with Gasteiger partial charge in [-0.3, -0.25) is 4.79 Å². The van der Waals surface area contributed by atoms with Gasteiger partial charge in [0.15, 0.2) is 11.4 Å². The lowest BCUT2D eigenvalue weighted by atomic mass is 9.86. The van der Waals surface area contributed by atoms with Gasteiger partial charge in [0.1, 0.15) is 0 Å². The molecule has 1 aromatic carbocycles. The fourth-order valence-corrected chi connectivity index (χ4v) is 4.84. The first-order valence-corrected chi connectivity index (χ1v) is 9.00. The molecule has 2 heterocycles. The van der Waals surface area contributed by atoms with Gasteiger partial charge in [0, 0.05) is 18.1 Å². The Kier molecular flexibility index (Phi) is 3.22. The highest BCUT2D eigenvalue weighted by Gasteiger charge is 2.50. The van der Waals surface area contributed by atoms with Crippen LogP contribution in [0.1, 0.15) is 16.9 Å². The predicted molar refractivity (Wildman–Crippen MR) is 93.9 cm³/mol. The zero-order valence-electron chi connectivity index (χ0n) is 13.5. The summed E-state index contributed by atoms with van der Waals surface area (Å²) in [4.78, 5) is 14.7. The summed E-state index contributed by atoms with van der Waals surface area (Å²) in [6.07, 6.45) is 7.34. The summed E-state index contributed by atoms with van der Waals surface area (Å²) in [6, 6.07) is 7.10. The lowest BCUT2D eigenvalue weighted by Gasteiger charge is -2.17. The van der Waals surface area contributed by atoms with Crippen molar-refractivity contribution in [2.24, 2.45) is 23.7 Å². The Labute approximate surface area is 150 Å². The standard InChI is InChI=1S/C19H18ClN3O2/c20-13-3-5-14(6-4-13)23-10-17(24)18(21-23)19(25)22-8-15-11-1-2-12(7-11)16(15)9-22/h1-6,10-12,15-16,24H,7-9H2/t11?,12?,15-,16+. The first-order chi connectivity index (χ1) is 12.1. The summed E-state index contributed by atoms with van der Waals surface area (Å²) in [5, 5.41) is 15.2. The normalized spacial score (nSPS) is 29.4. The highest BCUT2D eigenvalue weighted by Crippen LogP contribution is 2.51. The van der Waals surface area contributed by atoms with E-state index < -0.39 is 0 Å². The molecule has 0 spiro atoms. The van der Waals surface area contributed by atoms with Crippen LogP contribution in [-0.2, 0) is 0 Å². The second-order valence-corrected chi connectivity index (χ2v) is 7.71. The minimum Gasteiger partial charge on any atom is -0.504 e. The number of amides is 1. The first kappa shape index (κ1) is 15.0. The number of aromatic nitrogens is 2. The van der Waals surface area contributed by atoms with Gasteiger partial charge in [0.25, 0.3) is 5.91 Å². The van der Waals surface area contributed by atoms with Gasteiger partial charge in [-0.2, -0.15) is 5.10 Å². The molecule has 0 radical (unpaired) electrons. The molecular formula is C19H18ClN3O2. The monoisotopic (exact) mass is 355 g/mol. The number of aromatic hydroxyl groups is 1. The van der Waals surface area contributed by atoms with E-state index in [0.717, 1.165) is 18.8 Å². The lowest BCUT2D eigenvalue weighted by molar-refractivity contribution is 0.0768. The molecular weight excluding hydrogens is 338 g/mol. The topological polar surface area (TPSA) is 58.4 Å². The molecule has 1 aromatic heterocycles. The summed E-state index contributed by atoms with van der Waals surface area (Å²) in [6.45, 7) is 1.53. The molecule has 1 N–H and O–H groups in total. The van der Waals surface area contributed by atoms with Gasteiger partial charge in [-0.1, -0.05) is 23.8 Å². The van der Waals surface area contributed by atoms with Crippen molar-refractivity contribution in [2.75, 3.05) is 13.1 Å². The average Bonchev–Trinajstić information content (AvgIpc) is 3.36. The number of allylic oxidation sites excluding steroid dienone is 2. The number of hydrogen-bond acceptors (Lipinski definition) is 3. The first-order valence-electron chi connectivity index (χ1n) is 8.62. The third-order valence-corrected chi connectivity index (χ3v) is 6.19. The Bertz CT molecular complexity index is 853. The minimum atomic E-state index is -0.181. The predicted octanol–water partition coefficient (Wildman–Crippen LogP) is 3.13. The van der Waals surface area contributed by atoms with Gasteiger partial charge >= 0.3 is 0 Å². The summed E-state index contributed by atoms with van der Waals surface area (Å²) in [7, 11) is 0. The van der Waals surface area contributed by atoms with E-state index in [0.29, 0.717) is 28.7 Å².